The highest BCUT2D eigenvalue weighted by atomic mass is 15.4. The van der Waals surface area contributed by atoms with E-state index in [1.54, 1.807) is 46.0 Å². The molecule has 0 atom stereocenters. The van der Waals surface area contributed by atoms with Crippen molar-refractivity contribution in [2.24, 2.45) is 0 Å². The molecule has 0 amide bonds. The van der Waals surface area contributed by atoms with E-state index in [0.29, 0.717) is 23.2 Å². The topological polar surface area (TPSA) is 86.2 Å². The number of hydrogen-bond donors (Lipinski definition) is 0. The molecule has 0 aliphatic carbocycles. The Labute approximate surface area is 100.0 Å². The van der Waals surface area contributed by atoms with E-state index in [1.807, 2.05) is 0 Å². The third kappa shape index (κ3) is 1.25. The van der Waals surface area contributed by atoms with Gasteiger partial charge in [-0.15, -0.1) is 10.2 Å². The second kappa shape index (κ2) is 3.29. The predicted molar refractivity (Wildman–Crippen MR) is 60.6 cm³/mol. The van der Waals surface area contributed by atoms with Crippen LogP contribution in [0.3, 0.4) is 0 Å². The van der Waals surface area contributed by atoms with Gasteiger partial charge in [0, 0.05) is 24.8 Å². The maximum absolute atomic E-state index is 4.26. The van der Waals surface area contributed by atoms with Gasteiger partial charge in [-0.25, -0.2) is 19.0 Å². The first-order valence-electron chi connectivity index (χ1n) is 5.25. The lowest BCUT2D eigenvalue weighted by atomic mass is 10.6. The second-order valence-corrected chi connectivity index (χ2v) is 3.60. The fraction of sp³-hybridized carbons (Fsp3) is 0. The molecule has 0 aliphatic rings. The van der Waals surface area contributed by atoms with Gasteiger partial charge in [-0.2, -0.15) is 9.97 Å². The van der Waals surface area contributed by atoms with Crippen molar-refractivity contribution in [2.45, 2.75) is 0 Å². The molecule has 0 unspecified atom stereocenters. The van der Waals surface area contributed by atoms with Crippen molar-refractivity contribution >= 4 is 11.6 Å². The van der Waals surface area contributed by atoms with Crippen molar-refractivity contribution < 1.29 is 0 Å². The molecule has 0 saturated carbocycles. The Morgan fingerprint density at radius 2 is 1.22 bits per heavy atom. The van der Waals surface area contributed by atoms with Crippen LogP contribution < -0.4 is 0 Å². The molecule has 86 valence electrons. The van der Waals surface area contributed by atoms with Crippen LogP contribution >= 0.6 is 0 Å². The lowest BCUT2D eigenvalue weighted by Crippen LogP contribution is -1.88. The molecular formula is C10H6N8. The van der Waals surface area contributed by atoms with E-state index < -0.39 is 0 Å². The molecule has 0 spiro atoms. The van der Waals surface area contributed by atoms with Crippen LogP contribution in [0.4, 0.5) is 0 Å². The molecule has 4 aromatic heterocycles. The Bertz CT molecular complexity index is 707. The van der Waals surface area contributed by atoms with E-state index in [-0.39, 0.29) is 0 Å². The van der Waals surface area contributed by atoms with Crippen molar-refractivity contribution in [3.05, 3.63) is 36.9 Å². The van der Waals surface area contributed by atoms with Crippen LogP contribution in [-0.4, -0.2) is 39.2 Å². The Balaban J connectivity index is 1.95. The van der Waals surface area contributed by atoms with Gasteiger partial charge in [0.2, 0.25) is 11.6 Å². The number of nitrogens with zero attached hydrogens (tertiary/aromatic N) is 8. The number of aromatic nitrogens is 8. The van der Waals surface area contributed by atoms with Gasteiger partial charge in [0.15, 0.2) is 0 Å². The average Bonchev–Trinajstić information content (AvgIpc) is 3.02. The number of hydrogen-bond acceptors (Lipinski definition) is 6. The Morgan fingerprint density at radius 3 is 1.67 bits per heavy atom. The minimum absolute atomic E-state index is 0.430. The van der Waals surface area contributed by atoms with Crippen molar-refractivity contribution in [3.63, 3.8) is 0 Å². The summed E-state index contributed by atoms with van der Waals surface area (Å²) in [6, 6.07) is 3.56. The van der Waals surface area contributed by atoms with Gasteiger partial charge in [-0.05, 0) is 12.1 Å². The summed E-state index contributed by atoms with van der Waals surface area (Å²) in [4.78, 5) is 16.7. The van der Waals surface area contributed by atoms with Gasteiger partial charge in [-0.1, -0.05) is 0 Å². The van der Waals surface area contributed by atoms with Crippen LogP contribution in [0.5, 0.6) is 0 Å². The molecule has 4 heterocycles. The van der Waals surface area contributed by atoms with Crippen molar-refractivity contribution in [1.82, 2.24) is 39.2 Å². The zero-order valence-corrected chi connectivity index (χ0v) is 9.04. The SMILES string of the molecule is c1cnc2nc(-c3nc4ncccn4n3)nn2c1. The van der Waals surface area contributed by atoms with Crippen LogP contribution in [0.15, 0.2) is 36.9 Å². The number of fused-ring (bicyclic) bond motifs is 2. The molecule has 4 rings (SSSR count). The molecule has 8 nitrogen and oxygen atoms in total. The molecular weight excluding hydrogens is 232 g/mol. The van der Waals surface area contributed by atoms with Crippen LogP contribution in [0.2, 0.25) is 0 Å². The monoisotopic (exact) mass is 238 g/mol. The van der Waals surface area contributed by atoms with E-state index in [9.17, 15) is 0 Å². The molecule has 18 heavy (non-hydrogen) atoms. The normalized spacial score (nSPS) is 11.3. The standard InChI is InChI=1S/C10H6N8/c1-3-11-9-13-7(15-17(9)5-1)8-14-10-12-4-2-6-18(10)16-8/h1-6H. The van der Waals surface area contributed by atoms with Crippen molar-refractivity contribution in [3.8, 4) is 11.6 Å². The summed E-state index contributed by atoms with van der Waals surface area (Å²) in [7, 11) is 0. The van der Waals surface area contributed by atoms with Gasteiger partial charge in [0.25, 0.3) is 11.6 Å². The molecule has 0 N–H and O–H groups in total. The number of rotatable bonds is 1. The minimum atomic E-state index is 0.430. The molecule has 0 aromatic carbocycles. The minimum Gasteiger partial charge on any atom is -0.220 e. The lowest BCUT2D eigenvalue weighted by Gasteiger charge is -1.84. The molecule has 0 saturated heterocycles. The zero-order valence-electron chi connectivity index (χ0n) is 9.04. The molecule has 8 heteroatoms. The van der Waals surface area contributed by atoms with E-state index in [1.165, 1.54) is 0 Å². The van der Waals surface area contributed by atoms with Crippen LogP contribution in [0.25, 0.3) is 23.2 Å². The first-order chi connectivity index (χ1) is 8.90. The quantitative estimate of drug-likeness (QED) is 0.471. The lowest BCUT2D eigenvalue weighted by molar-refractivity contribution is 0.919. The third-order valence-corrected chi connectivity index (χ3v) is 2.43. The van der Waals surface area contributed by atoms with Crippen molar-refractivity contribution in [2.75, 3.05) is 0 Å². The largest absolute Gasteiger partial charge is 0.252 e. The van der Waals surface area contributed by atoms with Gasteiger partial charge in [0.1, 0.15) is 0 Å². The molecule has 0 radical (unpaired) electrons. The highest BCUT2D eigenvalue weighted by molar-refractivity contribution is 5.49. The third-order valence-electron chi connectivity index (χ3n) is 2.43. The van der Waals surface area contributed by atoms with E-state index in [2.05, 4.69) is 30.1 Å². The van der Waals surface area contributed by atoms with Gasteiger partial charge in [-0.3, -0.25) is 0 Å². The molecule has 0 bridgehead atoms. The summed E-state index contributed by atoms with van der Waals surface area (Å²) in [5, 5.41) is 8.51. The van der Waals surface area contributed by atoms with E-state index in [0.717, 1.165) is 0 Å². The summed E-state index contributed by atoms with van der Waals surface area (Å²) in [6.07, 6.45) is 6.86. The summed E-state index contributed by atoms with van der Waals surface area (Å²) in [6.45, 7) is 0. The molecule has 4 aromatic rings. The Morgan fingerprint density at radius 1 is 0.722 bits per heavy atom. The zero-order chi connectivity index (χ0) is 11.9. The maximum atomic E-state index is 4.26. The summed E-state index contributed by atoms with van der Waals surface area (Å²) in [5.41, 5.74) is 0. The maximum Gasteiger partial charge on any atom is 0.252 e. The first-order valence-corrected chi connectivity index (χ1v) is 5.25. The Hall–Kier alpha value is -2.90. The van der Waals surface area contributed by atoms with Gasteiger partial charge in [0.05, 0.1) is 0 Å². The van der Waals surface area contributed by atoms with Crippen molar-refractivity contribution in [1.29, 1.82) is 0 Å². The van der Waals surface area contributed by atoms with E-state index in [4.69, 9.17) is 0 Å². The van der Waals surface area contributed by atoms with Crippen LogP contribution in [-0.2, 0) is 0 Å². The second-order valence-electron chi connectivity index (χ2n) is 3.60. The van der Waals surface area contributed by atoms with Crippen LogP contribution in [0, 0.1) is 0 Å². The van der Waals surface area contributed by atoms with Crippen LogP contribution in [0.1, 0.15) is 0 Å². The summed E-state index contributed by atoms with van der Waals surface area (Å²) in [5.74, 6) is 1.89. The average molecular weight is 238 g/mol. The summed E-state index contributed by atoms with van der Waals surface area (Å²) >= 11 is 0. The van der Waals surface area contributed by atoms with Gasteiger partial charge < -0.3 is 0 Å². The van der Waals surface area contributed by atoms with E-state index >= 15 is 0 Å². The highest BCUT2D eigenvalue weighted by Gasteiger charge is 2.12. The molecule has 0 fully saturated rings. The van der Waals surface area contributed by atoms with Gasteiger partial charge >= 0.3 is 0 Å². The smallest absolute Gasteiger partial charge is 0.220 e. The first kappa shape index (κ1) is 9.16. The Kier molecular flexibility index (Phi) is 1.68. The fourth-order valence-electron chi connectivity index (χ4n) is 1.66. The fourth-order valence-corrected chi connectivity index (χ4v) is 1.66. The highest BCUT2D eigenvalue weighted by Crippen LogP contribution is 2.11. The molecule has 0 aliphatic heterocycles. The summed E-state index contributed by atoms with van der Waals surface area (Å²) < 4.78 is 3.16. The predicted octanol–water partition coefficient (Wildman–Crippen LogP) is 0.229.